The number of ether oxygens (including phenoxy) is 1. The van der Waals surface area contributed by atoms with Crippen LogP contribution in [0.4, 0.5) is 4.79 Å². The fraction of sp³-hybridized carbons (Fsp3) is 0.835. The summed E-state index contributed by atoms with van der Waals surface area (Å²) in [4.78, 5) is 35.4. The van der Waals surface area contributed by atoms with Crippen molar-refractivity contribution in [3.63, 3.8) is 0 Å². The molecule has 6 fully saturated rings. The molecule has 4 aromatic rings. The Morgan fingerprint density at radius 3 is 1.48 bits per heavy atom. The number of carbonyl (C=O) groups excluding carboxylic acids is 1. The molecule has 0 spiro atoms. The van der Waals surface area contributed by atoms with Gasteiger partial charge in [-0.15, -0.1) is 0 Å². The highest BCUT2D eigenvalue weighted by molar-refractivity contribution is 5.68. The van der Waals surface area contributed by atoms with Crippen LogP contribution in [0.2, 0.25) is 0 Å². The molecule has 5 unspecified atom stereocenters. The van der Waals surface area contributed by atoms with Crippen molar-refractivity contribution in [2.45, 2.75) is 307 Å². The first-order chi connectivity index (χ1) is 45.1. The molecule has 9 aliphatic heterocycles. The quantitative estimate of drug-likeness (QED) is 0.179. The van der Waals surface area contributed by atoms with Crippen LogP contribution in [0.25, 0.3) is 0 Å². The van der Waals surface area contributed by atoms with E-state index >= 15 is 0 Å². The first kappa shape index (κ1) is 83.7. The molecule has 20 nitrogen and oxygen atoms in total. The number of likely N-dealkylation sites (tertiary alicyclic amines) is 4. The van der Waals surface area contributed by atoms with Crippen molar-refractivity contribution in [2.24, 2.45) is 32.5 Å². The van der Waals surface area contributed by atoms with Crippen molar-refractivity contribution in [3.8, 4) is 0 Å². The van der Waals surface area contributed by atoms with E-state index in [0.29, 0.717) is 28.6 Å². The fourth-order valence-corrected chi connectivity index (χ4v) is 15.0. The Labute approximate surface area is 604 Å². The van der Waals surface area contributed by atoms with E-state index in [2.05, 4.69) is 296 Å². The van der Waals surface area contributed by atoms with Gasteiger partial charge >= 0.3 is 6.09 Å². The van der Waals surface area contributed by atoms with Crippen LogP contribution in [0.15, 0.2) is 24.7 Å². The lowest BCUT2D eigenvalue weighted by Gasteiger charge is -2.44. The van der Waals surface area contributed by atoms with Crippen LogP contribution in [0.1, 0.15) is 238 Å². The Kier molecular flexibility index (Phi) is 27.4. The van der Waals surface area contributed by atoms with Crippen LogP contribution in [-0.2, 0) is 76.1 Å². The first-order valence-corrected chi connectivity index (χ1v) is 37.7. The van der Waals surface area contributed by atoms with Crippen molar-refractivity contribution in [1.82, 2.24) is 88.1 Å². The van der Waals surface area contributed by atoms with Crippen LogP contribution in [0.3, 0.4) is 0 Å². The van der Waals surface area contributed by atoms with Gasteiger partial charge in [0.15, 0.2) is 0 Å². The lowest BCUT2D eigenvalue weighted by molar-refractivity contribution is 0.0413. The molecule has 0 aromatic carbocycles. The number of likely N-dealkylation sites (N-methyl/N-ethyl adjacent to an activating group) is 3. The summed E-state index contributed by atoms with van der Waals surface area (Å²) in [5, 5.41) is 17.8. The van der Waals surface area contributed by atoms with Gasteiger partial charge in [-0.3, -0.25) is 48.1 Å². The first-order valence-electron chi connectivity index (χ1n) is 37.7. The minimum absolute atomic E-state index is 0.0895. The zero-order valence-corrected chi connectivity index (χ0v) is 69.9. The fourth-order valence-electron chi connectivity index (χ4n) is 15.0. The van der Waals surface area contributed by atoms with Gasteiger partial charge < -0.3 is 24.3 Å². The number of hydrogen-bond acceptors (Lipinski definition) is 15. The SMILES string of the molecule is CC1CN(C(C)(C)C)CCN1C.CN1CC(CC(C)(C)C)C1.CN1CC2CC(CN2C(C)(C)C)OC1=O.CN1CC2CC1CN2C(C)(C)C.CN1Cc2cn(C(C)(C)C)nc2C1.Cc1nn(C)c2c1CN(C(C)(C)C)C2.Cn1cc2c(n1)CN(C(C)(C)C)C2.Cn1ccc(C(C)(C)C)n1. The second-order valence-electron chi connectivity index (χ2n) is 39.2. The maximum Gasteiger partial charge on any atom is 0.409 e. The molecule has 4 aromatic heterocycles. The van der Waals surface area contributed by atoms with Crippen molar-refractivity contribution >= 4 is 6.09 Å². The predicted molar refractivity (Wildman–Crippen MR) is 411 cm³/mol. The summed E-state index contributed by atoms with van der Waals surface area (Å²) in [6, 6.07) is 4.89. The van der Waals surface area contributed by atoms with E-state index in [-0.39, 0.29) is 39.8 Å². The third kappa shape index (κ3) is 24.2. The van der Waals surface area contributed by atoms with Crippen molar-refractivity contribution in [3.05, 3.63) is 69.8 Å². The van der Waals surface area contributed by atoms with Crippen LogP contribution in [0.5, 0.6) is 0 Å². The average molecular weight is 1380 g/mol. The van der Waals surface area contributed by atoms with Gasteiger partial charge in [0.25, 0.3) is 0 Å². The summed E-state index contributed by atoms with van der Waals surface area (Å²) in [7, 11) is 16.6. The van der Waals surface area contributed by atoms with E-state index in [1.54, 1.807) is 4.90 Å². The molecule has 9 aliphatic rings. The number of amides is 1. The van der Waals surface area contributed by atoms with E-state index in [9.17, 15) is 4.79 Å². The zero-order chi connectivity index (χ0) is 74.8. The van der Waals surface area contributed by atoms with Crippen molar-refractivity contribution < 1.29 is 9.53 Å². The lowest BCUT2D eigenvalue weighted by atomic mass is 9.81. The largest absolute Gasteiger partial charge is 0.445 e. The minimum Gasteiger partial charge on any atom is -0.445 e. The number of rotatable bonds is 1. The zero-order valence-electron chi connectivity index (χ0n) is 69.9. The Morgan fingerprint density at radius 2 is 1.04 bits per heavy atom. The number of carbonyl (C=O) groups is 1. The molecule has 0 radical (unpaired) electrons. The molecule has 99 heavy (non-hydrogen) atoms. The normalized spacial score (nSPS) is 23.8. The standard InChI is InChI=1S/C11H19N3.C11H20N2O2.2C10H17N3.C10H20N2.C10H22N2.C9H19N.C8H14N2/c1-8-9-6-14(11(2,3)4)7-10(9)13(5)12-8;1-11(2,3)13-7-9-5-8(13)6-12(4)10(14)15-9;1-10(2,3)13-6-8-5-12(4)11-9(8)7-13;1-10(2,3)13-6-8-5-12(4)7-9(8)11-13;1-10(2,3)12-7-8-5-9(12)6-11(8)4;1-9-8-12(10(2,3)4)7-6-11(9)5;1-9(2,3)5-8-6-10(4)7-8;1-8(2,3)7-5-6-10(4)9-7/h6-7H2,1-5H3;8-9H,5-7H2,1-4H3;5H,6-7H2,1-4H3;6H,5,7H2,1-4H3;8-9H,5-7H2,1-4H3;9H,6-8H2,1-5H3;8H,5-7H2,1-4H3;5-6H,1-4H3. The third-order valence-electron chi connectivity index (χ3n) is 21.3. The maximum atomic E-state index is 11.4. The Morgan fingerprint density at radius 1 is 0.485 bits per heavy atom. The van der Waals surface area contributed by atoms with Crippen molar-refractivity contribution in [1.29, 1.82) is 0 Å². The van der Waals surface area contributed by atoms with Gasteiger partial charge in [0.05, 0.1) is 34.0 Å². The predicted octanol–water partition coefficient (Wildman–Crippen LogP) is 12.6. The molecule has 0 N–H and O–H groups in total. The average Bonchev–Trinajstić information content (AvgIpc) is 1.64. The molecule has 0 aliphatic carbocycles. The third-order valence-corrected chi connectivity index (χ3v) is 21.3. The second-order valence-corrected chi connectivity index (χ2v) is 39.2. The highest BCUT2D eigenvalue weighted by atomic mass is 16.6. The van der Waals surface area contributed by atoms with Gasteiger partial charge in [-0.25, -0.2) is 4.79 Å². The highest BCUT2D eigenvalue weighted by Gasteiger charge is 2.46. The summed E-state index contributed by atoms with van der Waals surface area (Å²) in [6.45, 7) is 75.1. The molecule has 1 amide bonds. The summed E-state index contributed by atoms with van der Waals surface area (Å²) in [5.41, 5.74) is 12.6. The number of hydrogen-bond donors (Lipinski definition) is 0. The number of aryl methyl sites for hydroxylation is 4. The van der Waals surface area contributed by atoms with Gasteiger partial charge in [-0.1, -0.05) is 41.5 Å². The van der Waals surface area contributed by atoms with E-state index < -0.39 is 0 Å². The van der Waals surface area contributed by atoms with E-state index in [4.69, 9.17) is 4.74 Å². The Balaban J connectivity index is 0.000000179. The number of aromatic nitrogens is 8. The van der Waals surface area contributed by atoms with Crippen LogP contribution in [0, 0.1) is 18.3 Å². The molecular formula is C79H148N18O2. The van der Waals surface area contributed by atoms with Gasteiger partial charge in [-0.05, 0) is 197 Å². The van der Waals surface area contributed by atoms with E-state index in [1.807, 2.05) is 48.4 Å². The maximum absolute atomic E-state index is 11.4. The summed E-state index contributed by atoms with van der Waals surface area (Å²) in [6.07, 6.45) is 9.96. The van der Waals surface area contributed by atoms with E-state index in [1.165, 1.54) is 98.1 Å². The van der Waals surface area contributed by atoms with Gasteiger partial charge in [0.1, 0.15) is 6.10 Å². The van der Waals surface area contributed by atoms with Crippen LogP contribution >= 0.6 is 0 Å². The molecule has 5 atom stereocenters. The number of fused-ring (bicyclic) bond motifs is 7. The van der Waals surface area contributed by atoms with Gasteiger partial charge in [0, 0.05) is 225 Å². The molecule has 0 saturated carbocycles. The molecular weight excluding hydrogens is 1230 g/mol. The molecule has 566 valence electrons. The summed E-state index contributed by atoms with van der Waals surface area (Å²) < 4.78 is 13.2. The lowest BCUT2D eigenvalue weighted by Crippen LogP contribution is -2.56. The number of nitrogens with zero attached hydrogens (tertiary/aromatic N) is 18. The van der Waals surface area contributed by atoms with Crippen molar-refractivity contribution in [2.75, 3.05) is 94.1 Å². The Hall–Kier alpha value is -4.25. The molecule has 13 heterocycles. The summed E-state index contributed by atoms with van der Waals surface area (Å²) in [5.74, 6) is 0.977. The minimum atomic E-state index is -0.170. The van der Waals surface area contributed by atoms with Crippen LogP contribution in [-0.4, -0.2) is 246 Å². The highest BCUT2D eigenvalue weighted by Crippen LogP contribution is 2.36. The Bertz CT molecular complexity index is 3090. The molecule has 20 heteroatoms. The van der Waals surface area contributed by atoms with Crippen LogP contribution < -0.4 is 0 Å². The second kappa shape index (κ2) is 32.4. The van der Waals surface area contributed by atoms with Gasteiger partial charge in [-0.2, -0.15) is 20.4 Å². The smallest absolute Gasteiger partial charge is 0.409 e. The topological polar surface area (TPSA) is 130 Å². The molecule has 6 saturated heterocycles. The number of piperazine rings is 2. The summed E-state index contributed by atoms with van der Waals surface area (Å²) >= 11 is 0. The molecule has 4 bridgehead atoms. The molecule has 13 rings (SSSR count). The van der Waals surface area contributed by atoms with Gasteiger partial charge in [0.2, 0.25) is 0 Å². The van der Waals surface area contributed by atoms with E-state index in [0.717, 1.165) is 82.5 Å². The monoisotopic (exact) mass is 1380 g/mol.